The van der Waals surface area contributed by atoms with Crippen LogP contribution in [0.3, 0.4) is 0 Å². The lowest BCUT2D eigenvalue weighted by Crippen LogP contribution is -2.32. The molecule has 0 aliphatic rings. The highest BCUT2D eigenvalue weighted by Crippen LogP contribution is 2.17. The van der Waals surface area contributed by atoms with Crippen molar-refractivity contribution in [1.82, 2.24) is 5.32 Å². The molecule has 1 aromatic carbocycles. The summed E-state index contributed by atoms with van der Waals surface area (Å²) >= 11 is 0. The van der Waals surface area contributed by atoms with Gasteiger partial charge in [0.25, 0.3) is 5.91 Å². The van der Waals surface area contributed by atoms with E-state index in [0.717, 1.165) is 5.56 Å². The van der Waals surface area contributed by atoms with E-state index in [1.165, 1.54) is 11.8 Å². The number of hydrogen-bond donors (Lipinski definition) is 2. The maximum atomic E-state index is 12.0. The summed E-state index contributed by atoms with van der Waals surface area (Å²) in [5.41, 5.74) is 8.97. The molecule has 2 rings (SSSR count). The zero-order valence-corrected chi connectivity index (χ0v) is 12.7. The molecule has 0 aliphatic carbocycles. The molecule has 4 heteroatoms. The van der Waals surface area contributed by atoms with Crippen LogP contribution in [0.2, 0.25) is 0 Å². The van der Waals surface area contributed by atoms with Crippen LogP contribution in [-0.2, 0) is 0 Å². The Morgan fingerprint density at radius 1 is 1.19 bits per heavy atom. The Bertz CT molecular complexity index is 600. The van der Waals surface area contributed by atoms with Gasteiger partial charge in [-0.3, -0.25) is 4.79 Å². The molecule has 0 bridgehead atoms. The second-order valence-electron chi connectivity index (χ2n) is 5.53. The molecule has 1 aromatic heterocycles. The van der Waals surface area contributed by atoms with Crippen molar-refractivity contribution in [3.05, 3.63) is 59.0 Å². The van der Waals surface area contributed by atoms with Gasteiger partial charge in [-0.15, -0.1) is 0 Å². The van der Waals surface area contributed by atoms with Gasteiger partial charge < -0.3 is 15.5 Å². The second kappa shape index (κ2) is 6.59. The van der Waals surface area contributed by atoms with Crippen molar-refractivity contribution < 1.29 is 9.21 Å². The number of carbonyl (C=O) groups is 1. The van der Waals surface area contributed by atoms with Crippen molar-refractivity contribution in [2.24, 2.45) is 5.73 Å². The van der Waals surface area contributed by atoms with E-state index >= 15 is 0 Å². The summed E-state index contributed by atoms with van der Waals surface area (Å²) in [5.74, 6) is 0.955. The highest BCUT2D eigenvalue weighted by Gasteiger charge is 2.13. The van der Waals surface area contributed by atoms with E-state index in [0.29, 0.717) is 23.8 Å². The van der Waals surface area contributed by atoms with Gasteiger partial charge in [-0.1, -0.05) is 38.1 Å². The lowest BCUT2D eigenvalue weighted by atomic mass is 9.99. The highest BCUT2D eigenvalue weighted by atomic mass is 16.3. The minimum Gasteiger partial charge on any atom is -0.469 e. The molecule has 112 valence electrons. The van der Waals surface area contributed by atoms with Gasteiger partial charge in [-0.2, -0.15) is 0 Å². The molecule has 1 amide bonds. The van der Waals surface area contributed by atoms with E-state index in [1.807, 2.05) is 12.1 Å². The molecular weight excluding hydrogens is 264 g/mol. The number of furan rings is 1. The van der Waals surface area contributed by atoms with E-state index in [-0.39, 0.29) is 11.9 Å². The quantitative estimate of drug-likeness (QED) is 0.887. The summed E-state index contributed by atoms with van der Waals surface area (Å²) in [4.78, 5) is 12.0. The predicted octanol–water partition coefficient (Wildman–Crippen LogP) is 3.14. The molecule has 0 spiro atoms. The largest absolute Gasteiger partial charge is 0.469 e. The van der Waals surface area contributed by atoms with Gasteiger partial charge in [0, 0.05) is 12.6 Å². The van der Waals surface area contributed by atoms with Crippen LogP contribution in [0, 0.1) is 6.92 Å². The summed E-state index contributed by atoms with van der Waals surface area (Å²) in [6, 6.07) is 9.66. The monoisotopic (exact) mass is 286 g/mol. The first-order chi connectivity index (χ1) is 9.99. The molecular formula is C17H22N2O2. The van der Waals surface area contributed by atoms with E-state index in [1.54, 1.807) is 13.0 Å². The van der Waals surface area contributed by atoms with E-state index in [9.17, 15) is 4.79 Å². The van der Waals surface area contributed by atoms with Gasteiger partial charge in [0.1, 0.15) is 5.76 Å². The third-order valence-electron chi connectivity index (χ3n) is 3.62. The van der Waals surface area contributed by atoms with Gasteiger partial charge >= 0.3 is 0 Å². The van der Waals surface area contributed by atoms with Gasteiger partial charge in [0.15, 0.2) is 0 Å². The fraction of sp³-hybridized carbons (Fsp3) is 0.353. The van der Waals surface area contributed by atoms with Crippen LogP contribution in [0.15, 0.2) is 41.0 Å². The Kier molecular flexibility index (Phi) is 4.81. The topological polar surface area (TPSA) is 68.3 Å². The Morgan fingerprint density at radius 2 is 1.81 bits per heavy atom. The maximum absolute atomic E-state index is 12.0. The van der Waals surface area contributed by atoms with E-state index < -0.39 is 0 Å². The van der Waals surface area contributed by atoms with Gasteiger partial charge in [0.05, 0.1) is 11.8 Å². The number of nitrogens with one attached hydrogen (secondary N) is 1. The number of nitrogens with two attached hydrogens (primary N) is 1. The van der Waals surface area contributed by atoms with Crippen molar-refractivity contribution in [2.45, 2.75) is 32.7 Å². The first-order valence-electron chi connectivity index (χ1n) is 7.16. The summed E-state index contributed by atoms with van der Waals surface area (Å²) in [6.07, 6.45) is 1.51. The Morgan fingerprint density at radius 3 is 2.33 bits per heavy atom. The van der Waals surface area contributed by atoms with E-state index in [4.69, 9.17) is 10.2 Å². The minimum atomic E-state index is -0.220. The third-order valence-corrected chi connectivity index (χ3v) is 3.62. The molecule has 4 nitrogen and oxygen atoms in total. The average molecular weight is 286 g/mol. The van der Waals surface area contributed by atoms with Crippen molar-refractivity contribution in [3.63, 3.8) is 0 Å². The zero-order valence-electron chi connectivity index (χ0n) is 12.7. The lowest BCUT2D eigenvalue weighted by Gasteiger charge is -2.14. The smallest absolute Gasteiger partial charge is 0.254 e. The molecule has 21 heavy (non-hydrogen) atoms. The first-order valence-corrected chi connectivity index (χ1v) is 7.16. The molecule has 0 aliphatic heterocycles. The average Bonchev–Trinajstić information content (AvgIpc) is 2.90. The van der Waals surface area contributed by atoms with Gasteiger partial charge in [-0.05, 0) is 30.0 Å². The summed E-state index contributed by atoms with van der Waals surface area (Å²) in [7, 11) is 0. The molecule has 0 saturated carbocycles. The number of hydrogen-bond acceptors (Lipinski definition) is 3. The number of carbonyl (C=O) groups excluding carboxylic acids is 1. The van der Waals surface area contributed by atoms with Crippen LogP contribution in [0.1, 0.15) is 53.1 Å². The molecule has 1 unspecified atom stereocenters. The molecule has 0 fully saturated rings. The van der Waals surface area contributed by atoms with Crippen molar-refractivity contribution in [1.29, 1.82) is 0 Å². The number of amides is 1. The van der Waals surface area contributed by atoms with Crippen LogP contribution in [0.5, 0.6) is 0 Å². The normalized spacial score (nSPS) is 12.4. The SMILES string of the molecule is Cc1occc1C(=O)NCC(N)c1ccc(C(C)C)cc1. The number of benzene rings is 1. The van der Waals surface area contributed by atoms with Crippen LogP contribution >= 0.6 is 0 Å². The zero-order chi connectivity index (χ0) is 15.4. The van der Waals surface area contributed by atoms with Crippen molar-refractivity contribution in [2.75, 3.05) is 6.54 Å². The van der Waals surface area contributed by atoms with Gasteiger partial charge in [0.2, 0.25) is 0 Å². The van der Waals surface area contributed by atoms with Crippen LogP contribution in [0.4, 0.5) is 0 Å². The summed E-state index contributed by atoms with van der Waals surface area (Å²) in [5, 5.41) is 2.84. The molecule has 2 aromatic rings. The maximum Gasteiger partial charge on any atom is 0.254 e. The molecule has 3 N–H and O–H groups in total. The summed E-state index contributed by atoms with van der Waals surface area (Å²) < 4.78 is 5.12. The predicted molar refractivity (Wildman–Crippen MR) is 83.2 cm³/mol. The van der Waals surface area contributed by atoms with Crippen LogP contribution < -0.4 is 11.1 Å². The fourth-order valence-corrected chi connectivity index (χ4v) is 2.16. The van der Waals surface area contributed by atoms with Crippen LogP contribution in [-0.4, -0.2) is 12.5 Å². The van der Waals surface area contributed by atoms with Gasteiger partial charge in [-0.25, -0.2) is 0 Å². The highest BCUT2D eigenvalue weighted by molar-refractivity contribution is 5.95. The number of rotatable bonds is 5. The fourth-order valence-electron chi connectivity index (χ4n) is 2.16. The lowest BCUT2D eigenvalue weighted by molar-refractivity contribution is 0.0949. The molecule has 1 atom stereocenters. The van der Waals surface area contributed by atoms with Crippen LogP contribution in [0.25, 0.3) is 0 Å². The van der Waals surface area contributed by atoms with Crippen molar-refractivity contribution in [3.8, 4) is 0 Å². The Balaban J connectivity index is 1.94. The Labute approximate surface area is 125 Å². The molecule has 1 heterocycles. The first kappa shape index (κ1) is 15.3. The van der Waals surface area contributed by atoms with E-state index in [2.05, 4.69) is 31.3 Å². The molecule has 0 saturated heterocycles. The standard InChI is InChI=1S/C17H22N2O2/c1-11(2)13-4-6-14(7-5-13)16(18)10-19-17(20)15-8-9-21-12(15)3/h4-9,11,16H,10,18H2,1-3H3,(H,19,20). The third kappa shape index (κ3) is 3.73. The Hall–Kier alpha value is -2.07. The molecule has 0 radical (unpaired) electrons. The number of aryl methyl sites for hydroxylation is 1. The summed E-state index contributed by atoms with van der Waals surface area (Å²) in [6.45, 7) is 6.47. The second-order valence-corrected chi connectivity index (χ2v) is 5.53. The minimum absolute atomic E-state index is 0.157. The van der Waals surface area contributed by atoms with Crippen molar-refractivity contribution >= 4 is 5.91 Å².